The molecule has 0 aromatic heterocycles. The fourth-order valence-electron chi connectivity index (χ4n) is 4.71. The van der Waals surface area contributed by atoms with Gasteiger partial charge in [-0.15, -0.1) is 6.04 Å². The minimum Gasteiger partial charge on any atom is -0.674 e. The number of nitrogens with one attached hydrogen (secondary N) is 1. The summed E-state index contributed by atoms with van der Waals surface area (Å²) in [4.78, 5) is 0. The van der Waals surface area contributed by atoms with Gasteiger partial charge in [-0.1, -0.05) is 6.92 Å². The zero-order chi connectivity index (χ0) is 9.05. The normalized spacial score (nSPS) is 51.4. The summed E-state index contributed by atoms with van der Waals surface area (Å²) in [5, 5.41) is 0. The monoisotopic (exact) mass is 185 g/mol. The summed E-state index contributed by atoms with van der Waals surface area (Å²) < 4.78 is 0. The number of rotatable bonds is 1. The average molecular weight is 185 g/mol. The fourth-order valence-corrected chi connectivity index (χ4v) is 4.71. The minimum atomic E-state index is 0. The van der Waals surface area contributed by atoms with Gasteiger partial charge in [0, 0.05) is 0 Å². The molecule has 1 unspecified atom stereocenters. The van der Waals surface area contributed by atoms with Gasteiger partial charge >= 0.3 is 18.9 Å². The Morgan fingerprint density at radius 1 is 1.00 bits per heavy atom. The van der Waals surface area contributed by atoms with Gasteiger partial charge in [-0.3, -0.25) is 0 Å². The predicted molar refractivity (Wildman–Crippen MR) is 54.4 cm³/mol. The molecule has 0 aromatic carbocycles. The quantitative estimate of drug-likeness (QED) is 0.536. The van der Waals surface area contributed by atoms with Gasteiger partial charge in [0.15, 0.2) is 0 Å². The van der Waals surface area contributed by atoms with Crippen LogP contribution in [-0.2, 0) is 0 Å². The van der Waals surface area contributed by atoms with Crippen LogP contribution < -0.4 is 18.9 Å². The van der Waals surface area contributed by atoms with Crippen molar-refractivity contribution < 1.29 is 18.9 Å². The molecule has 0 aliphatic heterocycles. The van der Waals surface area contributed by atoms with Crippen molar-refractivity contribution in [1.82, 2.24) is 0 Å². The van der Waals surface area contributed by atoms with Gasteiger partial charge in [0.25, 0.3) is 0 Å². The first-order chi connectivity index (χ1) is 6.18. The molecule has 1 N–H and O–H groups in total. The number of hydrogen-bond donors (Lipinski definition) is 0. The maximum Gasteiger partial charge on any atom is 1.00 e. The molecule has 4 rings (SSSR count). The molecule has 4 saturated carbocycles. The molecule has 0 heterocycles. The standard InChI is InChI=1S/C12H20N.Li/c1-8(13)12-5-9-2-10(6-12)4-11(3-9)7-12;/h8-11,13H,2-7H2,1H3;/q-1;+1. The van der Waals surface area contributed by atoms with Crippen molar-refractivity contribution >= 4 is 0 Å². The van der Waals surface area contributed by atoms with Crippen molar-refractivity contribution in [2.75, 3.05) is 0 Å². The molecule has 4 aliphatic rings. The maximum absolute atomic E-state index is 8.05. The molecule has 1 atom stereocenters. The van der Waals surface area contributed by atoms with Gasteiger partial charge in [0.1, 0.15) is 0 Å². The third kappa shape index (κ3) is 1.49. The Balaban J connectivity index is 0.000000750. The average Bonchev–Trinajstić information content (AvgIpc) is 2.00. The fraction of sp³-hybridized carbons (Fsp3) is 1.00. The van der Waals surface area contributed by atoms with E-state index in [9.17, 15) is 0 Å². The third-order valence-electron chi connectivity index (χ3n) is 5.00. The second kappa shape index (κ2) is 3.54. The van der Waals surface area contributed by atoms with Crippen LogP contribution in [0.4, 0.5) is 0 Å². The van der Waals surface area contributed by atoms with Gasteiger partial charge in [0.05, 0.1) is 0 Å². The van der Waals surface area contributed by atoms with Crippen LogP contribution in [0, 0.1) is 23.2 Å². The molecule has 0 amide bonds. The molecule has 1 nitrogen and oxygen atoms in total. The Kier molecular flexibility index (Phi) is 2.80. The van der Waals surface area contributed by atoms with E-state index in [0.717, 1.165) is 17.8 Å². The predicted octanol–water partition coefficient (Wildman–Crippen LogP) is 0.647. The zero-order valence-corrected chi connectivity index (χ0v) is 9.55. The number of hydrogen-bond acceptors (Lipinski definition) is 0. The van der Waals surface area contributed by atoms with E-state index in [1.54, 1.807) is 0 Å². The molecule has 0 saturated heterocycles. The third-order valence-corrected chi connectivity index (χ3v) is 5.00. The summed E-state index contributed by atoms with van der Waals surface area (Å²) >= 11 is 0. The van der Waals surface area contributed by atoms with Gasteiger partial charge in [-0.2, -0.15) is 0 Å². The molecule has 0 spiro atoms. The van der Waals surface area contributed by atoms with Crippen LogP contribution >= 0.6 is 0 Å². The van der Waals surface area contributed by atoms with Gasteiger partial charge in [-0.25, -0.2) is 0 Å². The van der Waals surface area contributed by atoms with Crippen LogP contribution in [0.3, 0.4) is 0 Å². The molecule has 0 radical (unpaired) electrons. The summed E-state index contributed by atoms with van der Waals surface area (Å²) in [5.74, 6) is 3.04. The molecule has 0 aromatic rings. The van der Waals surface area contributed by atoms with Crippen LogP contribution in [-0.4, -0.2) is 6.04 Å². The first-order valence-electron chi connectivity index (χ1n) is 5.89. The van der Waals surface area contributed by atoms with E-state index in [0.29, 0.717) is 5.41 Å². The van der Waals surface area contributed by atoms with Crippen LogP contribution in [0.5, 0.6) is 0 Å². The van der Waals surface area contributed by atoms with Gasteiger partial charge < -0.3 is 5.73 Å². The second-order valence-corrected chi connectivity index (χ2v) is 6.00. The first kappa shape index (κ1) is 11.1. The van der Waals surface area contributed by atoms with Crippen LogP contribution in [0.25, 0.3) is 5.73 Å². The van der Waals surface area contributed by atoms with Crippen molar-refractivity contribution in [2.24, 2.45) is 23.2 Å². The molecule has 4 aliphatic carbocycles. The van der Waals surface area contributed by atoms with Crippen LogP contribution in [0.15, 0.2) is 0 Å². The topological polar surface area (TPSA) is 23.8 Å². The smallest absolute Gasteiger partial charge is 0.674 e. The first-order valence-corrected chi connectivity index (χ1v) is 5.89. The van der Waals surface area contributed by atoms with Crippen molar-refractivity contribution in [3.05, 3.63) is 5.73 Å². The summed E-state index contributed by atoms with van der Waals surface area (Å²) in [7, 11) is 0. The van der Waals surface area contributed by atoms with E-state index in [1.165, 1.54) is 38.5 Å². The SMILES string of the molecule is CC([NH-])C12CC3CC(CC(C3)C1)C2.[Li+]. The van der Waals surface area contributed by atoms with Crippen molar-refractivity contribution in [2.45, 2.75) is 51.5 Å². The van der Waals surface area contributed by atoms with Crippen molar-refractivity contribution in [1.29, 1.82) is 0 Å². The summed E-state index contributed by atoms with van der Waals surface area (Å²) in [6.07, 6.45) is 8.70. The Morgan fingerprint density at radius 2 is 1.36 bits per heavy atom. The van der Waals surface area contributed by atoms with E-state index in [4.69, 9.17) is 5.73 Å². The van der Waals surface area contributed by atoms with E-state index in [2.05, 4.69) is 6.92 Å². The molecule has 2 heteroatoms. The van der Waals surface area contributed by atoms with E-state index < -0.39 is 0 Å². The molecule has 14 heavy (non-hydrogen) atoms. The molecular weight excluding hydrogens is 165 g/mol. The van der Waals surface area contributed by atoms with Crippen molar-refractivity contribution in [3.63, 3.8) is 0 Å². The Morgan fingerprint density at radius 3 is 1.64 bits per heavy atom. The van der Waals surface area contributed by atoms with Gasteiger partial charge in [0.2, 0.25) is 0 Å². The van der Waals surface area contributed by atoms with Gasteiger partial charge in [-0.05, 0) is 61.7 Å². The summed E-state index contributed by atoms with van der Waals surface area (Å²) in [5.41, 5.74) is 8.52. The van der Waals surface area contributed by atoms with E-state index >= 15 is 0 Å². The van der Waals surface area contributed by atoms with Crippen LogP contribution in [0.1, 0.15) is 45.4 Å². The van der Waals surface area contributed by atoms with E-state index in [1.807, 2.05) is 0 Å². The zero-order valence-electron chi connectivity index (χ0n) is 9.55. The Hall–Kier alpha value is 0.557. The molecule has 4 fully saturated rings. The van der Waals surface area contributed by atoms with Crippen molar-refractivity contribution in [3.8, 4) is 0 Å². The summed E-state index contributed by atoms with van der Waals surface area (Å²) in [6, 6.07) is 0.195. The molecule has 4 bridgehead atoms. The molecular formula is C12H20LiN. The Bertz CT molecular complexity index is 189. The summed E-state index contributed by atoms with van der Waals surface area (Å²) in [6.45, 7) is 2.13. The molecule has 74 valence electrons. The largest absolute Gasteiger partial charge is 1.00 e. The van der Waals surface area contributed by atoms with E-state index in [-0.39, 0.29) is 24.9 Å². The minimum absolute atomic E-state index is 0. The second-order valence-electron chi connectivity index (χ2n) is 6.00. The van der Waals surface area contributed by atoms with Crippen LogP contribution in [0.2, 0.25) is 0 Å². The maximum atomic E-state index is 8.05. The Labute approximate surface area is 99.4 Å².